The topological polar surface area (TPSA) is 57.0 Å². The standard InChI is InChI=1S/C23H21N3O2S/c1-23(2)12-11-17(27)19-20(14-7-5-4-6-8-14)25-26(21(19)23)22-24-16-10-9-15(28-3)13-18(16)29-22/h4-10,13H,11-12H2,1-3H3. The SMILES string of the molecule is COc1ccc2nc(-n3nc(-c4ccccc4)c4c3C(C)(C)CCC4=O)sc2c1. The van der Waals surface area contributed by atoms with E-state index in [1.54, 1.807) is 18.4 Å². The molecule has 0 fully saturated rings. The number of ether oxygens (including phenoxy) is 1. The van der Waals surface area contributed by atoms with Crippen molar-refractivity contribution < 1.29 is 9.53 Å². The molecule has 0 N–H and O–H groups in total. The average Bonchev–Trinajstić information content (AvgIpc) is 3.33. The lowest BCUT2D eigenvalue weighted by atomic mass is 9.75. The van der Waals surface area contributed by atoms with Gasteiger partial charge < -0.3 is 4.74 Å². The van der Waals surface area contributed by atoms with E-state index < -0.39 is 0 Å². The van der Waals surface area contributed by atoms with Crippen molar-refractivity contribution in [3.8, 4) is 22.1 Å². The summed E-state index contributed by atoms with van der Waals surface area (Å²) in [4.78, 5) is 17.8. The quantitative estimate of drug-likeness (QED) is 0.459. The number of hydrogen-bond acceptors (Lipinski definition) is 5. The van der Waals surface area contributed by atoms with E-state index in [1.807, 2.05) is 53.2 Å². The summed E-state index contributed by atoms with van der Waals surface area (Å²) in [5, 5.41) is 5.70. The van der Waals surface area contributed by atoms with Gasteiger partial charge in [-0.25, -0.2) is 9.67 Å². The molecule has 0 atom stereocenters. The molecular formula is C23H21N3O2S. The molecule has 5 nitrogen and oxygen atoms in total. The fourth-order valence-corrected chi connectivity index (χ4v) is 4.98. The monoisotopic (exact) mass is 403 g/mol. The van der Waals surface area contributed by atoms with E-state index in [1.165, 1.54) is 0 Å². The Labute approximate surface area is 173 Å². The minimum absolute atomic E-state index is 0.159. The molecule has 0 bridgehead atoms. The lowest BCUT2D eigenvalue weighted by molar-refractivity contribution is 0.0956. The summed E-state index contributed by atoms with van der Waals surface area (Å²) < 4.78 is 8.28. The fourth-order valence-electron chi connectivity index (χ4n) is 4.02. The van der Waals surface area contributed by atoms with Crippen LogP contribution >= 0.6 is 11.3 Å². The van der Waals surface area contributed by atoms with Crippen molar-refractivity contribution in [3.05, 3.63) is 59.8 Å². The average molecular weight is 404 g/mol. The Morgan fingerprint density at radius 1 is 1.14 bits per heavy atom. The Kier molecular flexibility index (Phi) is 4.06. The van der Waals surface area contributed by atoms with Crippen molar-refractivity contribution in [1.82, 2.24) is 14.8 Å². The molecule has 29 heavy (non-hydrogen) atoms. The van der Waals surface area contributed by atoms with Crippen LogP contribution < -0.4 is 4.74 Å². The van der Waals surface area contributed by atoms with E-state index in [0.717, 1.165) is 50.0 Å². The number of nitrogens with zero attached hydrogens (tertiary/aromatic N) is 3. The van der Waals surface area contributed by atoms with Gasteiger partial charge in [0.1, 0.15) is 11.4 Å². The summed E-state index contributed by atoms with van der Waals surface area (Å²) in [6.45, 7) is 4.36. The molecule has 4 aromatic rings. The third-order valence-electron chi connectivity index (χ3n) is 5.60. The number of carbonyl (C=O) groups is 1. The number of thiazole rings is 1. The van der Waals surface area contributed by atoms with Crippen molar-refractivity contribution in [2.24, 2.45) is 0 Å². The first-order valence-electron chi connectivity index (χ1n) is 9.65. The van der Waals surface area contributed by atoms with E-state index >= 15 is 0 Å². The smallest absolute Gasteiger partial charge is 0.211 e. The molecule has 6 heteroatoms. The minimum Gasteiger partial charge on any atom is -0.497 e. The molecule has 0 radical (unpaired) electrons. The van der Waals surface area contributed by atoms with E-state index in [4.69, 9.17) is 14.8 Å². The summed E-state index contributed by atoms with van der Waals surface area (Å²) in [5.41, 5.74) is 4.13. The molecule has 0 saturated carbocycles. The zero-order valence-electron chi connectivity index (χ0n) is 16.6. The lowest BCUT2D eigenvalue weighted by Crippen LogP contribution is -2.29. The predicted octanol–water partition coefficient (Wildman–Crippen LogP) is 5.41. The number of fused-ring (bicyclic) bond motifs is 2. The second-order valence-electron chi connectivity index (χ2n) is 7.99. The summed E-state index contributed by atoms with van der Waals surface area (Å²) in [6.07, 6.45) is 1.35. The maximum Gasteiger partial charge on any atom is 0.211 e. The molecule has 2 heterocycles. The summed E-state index contributed by atoms with van der Waals surface area (Å²) >= 11 is 1.56. The highest BCUT2D eigenvalue weighted by Crippen LogP contribution is 2.43. The molecule has 0 amide bonds. The number of ketones is 1. The fraction of sp³-hybridized carbons (Fsp3) is 0.261. The third-order valence-corrected chi connectivity index (χ3v) is 6.59. The molecule has 2 aromatic heterocycles. The maximum atomic E-state index is 13.0. The van der Waals surface area contributed by atoms with E-state index in [2.05, 4.69) is 13.8 Å². The number of Topliss-reactive ketones (excluding diaryl/α,β-unsaturated/α-hetero) is 1. The molecule has 0 saturated heterocycles. The van der Waals surface area contributed by atoms with Crippen LogP contribution in [0.25, 0.3) is 26.6 Å². The van der Waals surface area contributed by atoms with Crippen LogP contribution in [0.1, 0.15) is 42.7 Å². The maximum absolute atomic E-state index is 13.0. The van der Waals surface area contributed by atoms with Gasteiger partial charge in [-0.1, -0.05) is 55.5 Å². The molecule has 2 aromatic carbocycles. The first kappa shape index (κ1) is 18.1. The molecule has 146 valence electrons. The Bertz CT molecular complexity index is 1240. The summed E-state index contributed by atoms with van der Waals surface area (Å²) in [5.74, 6) is 0.961. The summed E-state index contributed by atoms with van der Waals surface area (Å²) in [7, 11) is 1.66. The van der Waals surface area contributed by atoms with E-state index in [-0.39, 0.29) is 11.2 Å². The highest BCUT2D eigenvalue weighted by Gasteiger charge is 2.39. The van der Waals surface area contributed by atoms with Gasteiger partial charge in [0.2, 0.25) is 5.13 Å². The second kappa shape index (κ2) is 6.52. The van der Waals surface area contributed by atoms with Crippen molar-refractivity contribution in [2.75, 3.05) is 7.11 Å². The summed E-state index contributed by atoms with van der Waals surface area (Å²) in [6, 6.07) is 15.8. The predicted molar refractivity (Wildman–Crippen MR) is 115 cm³/mol. The van der Waals surface area contributed by atoms with Crippen LogP contribution in [-0.2, 0) is 5.41 Å². The highest BCUT2D eigenvalue weighted by atomic mass is 32.1. The van der Waals surface area contributed by atoms with Crippen molar-refractivity contribution >= 4 is 27.3 Å². The Morgan fingerprint density at radius 3 is 2.69 bits per heavy atom. The van der Waals surface area contributed by atoms with Gasteiger partial charge in [0, 0.05) is 17.4 Å². The van der Waals surface area contributed by atoms with Crippen LogP contribution in [0.2, 0.25) is 0 Å². The Morgan fingerprint density at radius 2 is 1.93 bits per heavy atom. The first-order valence-corrected chi connectivity index (χ1v) is 10.5. The second-order valence-corrected chi connectivity index (χ2v) is 9.00. The molecule has 1 aliphatic carbocycles. The van der Waals surface area contributed by atoms with Crippen LogP contribution in [0.15, 0.2) is 48.5 Å². The van der Waals surface area contributed by atoms with Gasteiger partial charge in [0.05, 0.1) is 28.6 Å². The molecule has 0 unspecified atom stereocenters. The van der Waals surface area contributed by atoms with E-state index in [0.29, 0.717) is 6.42 Å². The molecule has 0 aliphatic heterocycles. The number of rotatable bonds is 3. The van der Waals surface area contributed by atoms with Gasteiger partial charge in [-0.05, 0) is 24.6 Å². The van der Waals surface area contributed by atoms with E-state index in [9.17, 15) is 4.79 Å². The highest BCUT2D eigenvalue weighted by molar-refractivity contribution is 7.20. The van der Waals surface area contributed by atoms with Gasteiger partial charge >= 0.3 is 0 Å². The zero-order chi connectivity index (χ0) is 20.2. The molecule has 0 spiro atoms. The van der Waals surface area contributed by atoms with Crippen molar-refractivity contribution in [3.63, 3.8) is 0 Å². The van der Waals surface area contributed by atoms with Crippen LogP contribution in [0, 0.1) is 0 Å². The normalized spacial score (nSPS) is 15.5. The van der Waals surface area contributed by atoms with Crippen LogP contribution in [0.4, 0.5) is 0 Å². The molecule has 1 aliphatic rings. The van der Waals surface area contributed by atoms with Gasteiger partial charge in [-0.15, -0.1) is 0 Å². The number of carbonyl (C=O) groups excluding carboxylic acids is 1. The zero-order valence-corrected chi connectivity index (χ0v) is 17.4. The Hall–Kier alpha value is -2.99. The van der Waals surface area contributed by atoms with Crippen molar-refractivity contribution in [1.29, 1.82) is 0 Å². The van der Waals surface area contributed by atoms with Gasteiger partial charge in [0.25, 0.3) is 0 Å². The van der Waals surface area contributed by atoms with Crippen LogP contribution in [0.5, 0.6) is 5.75 Å². The number of aromatic nitrogens is 3. The van der Waals surface area contributed by atoms with Crippen LogP contribution in [-0.4, -0.2) is 27.7 Å². The molecular weight excluding hydrogens is 382 g/mol. The third kappa shape index (κ3) is 2.86. The first-order chi connectivity index (χ1) is 14.0. The molecule has 5 rings (SSSR count). The van der Waals surface area contributed by atoms with Crippen molar-refractivity contribution in [2.45, 2.75) is 32.1 Å². The Balaban J connectivity index is 1.78. The number of hydrogen-bond donors (Lipinski definition) is 0. The number of methoxy groups -OCH3 is 1. The minimum atomic E-state index is -0.168. The lowest BCUT2D eigenvalue weighted by Gasteiger charge is -2.30. The van der Waals surface area contributed by atoms with Gasteiger partial charge in [0.15, 0.2) is 5.78 Å². The largest absolute Gasteiger partial charge is 0.497 e. The van der Waals surface area contributed by atoms with Crippen LogP contribution in [0.3, 0.4) is 0 Å². The number of benzene rings is 2. The van der Waals surface area contributed by atoms with Gasteiger partial charge in [-0.3, -0.25) is 4.79 Å². The van der Waals surface area contributed by atoms with Gasteiger partial charge in [-0.2, -0.15) is 5.10 Å².